The van der Waals surface area contributed by atoms with Gasteiger partial charge in [-0.15, -0.1) is 0 Å². The lowest BCUT2D eigenvalue weighted by atomic mass is 10.0. The highest BCUT2D eigenvalue weighted by Gasteiger charge is 2.37. The van der Waals surface area contributed by atoms with Crippen molar-refractivity contribution in [1.29, 1.82) is 0 Å². The molecular formula is C16H21ClN2O2. The van der Waals surface area contributed by atoms with Crippen LogP contribution in [-0.2, 0) is 4.79 Å². The fourth-order valence-corrected chi connectivity index (χ4v) is 3.39. The van der Waals surface area contributed by atoms with E-state index < -0.39 is 6.10 Å². The van der Waals surface area contributed by atoms with E-state index in [-0.39, 0.29) is 5.91 Å². The standard InChI is InChI=1S/C16H21ClN2O2/c17-14-7-3-2-6-13(14)15(20)16(21)19-10-12(11-19)18-8-4-1-5-9-18/h2-3,6-7,12,15,20H,1,4-5,8-11H2/t15-/m0/s1. The molecule has 0 radical (unpaired) electrons. The first-order chi connectivity index (χ1) is 10.2. The number of halogens is 1. The number of rotatable bonds is 3. The highest BCUT2D eigenvalue weighted by Crippen LogP contribution is 2.27. The first-order valence-corrected chi connectivity index (χ1v) is 8.00. The van der Waals surface area contributed by atoms with Crippen molar-refractivity contribution in [1.82, 2.24) is 9.80 Å². The summed E-state index contributed by atoms with van der Waals surface area (Å²) in [4.78, 5) is 16.5. The number of benzene rings is 1. The molecule has 0 bridgehead atoms. The Morgan fingerprint density at radius 2 is 1.86 bits per heavy atom. The van der Waals surface area contributed by atoms with Crippen LogP contribution in [0.1, 0.15) is 30.9 Å². The molecule has 1 N–H and O–H groups in total. The summed E-state index contributed by atoms with van der Waals surface area (Å²) >= 11 is 6.04. The van der Waals surface area contributed by atoms with Crippen LogP contribution in [0.4, 0.5) is 0 Å². The zero-order valence-electron chi connectivity index (χ0n) is 12.0. The lowest BCUT2D eigenvalue weighted by Gasteiger charge is -2.47. The molecule has 2 aliphatic rings. The van der Waals surface area contributed by atoms with Crippen molar-refractivity contribution < 1.29 is 9.90 Å². The van der Waals surface area contributed by atoms with E-state index in [1.54, 1.807) is 29.2 Å². The van der Waals surface area contributed by atoms with Gasteiger partial charge in [-0.05, 0) is 32.0 Å². The molecule has 4 nitrogen and oxygen atoms in total. The molecule has 2 aliphatic heterocycles. The summed E-state index contributed by atoms with van der Waals surface area (Å²) < 4.78 is 0. The van der Waals surface area contributed by atoms with Crippen molar-refractivity contribution >= 4 is 17.5 Å². The average Bonchev–Trinajstić information content (AvgIpc) is 2.46. The van der Waals surface area contributed by atoms with Crippen LogP contribution in [0.2, 0.25) is 5.02 Å². The van der Waals surface area contributed by atoms with Gasteiger partial charge in [0.25, 0.3) is 5.91 Å². The molecule has 1 aromatic carbocycles. The molecule has 0 aliphatic carbocycles. The molecule has 0 saturated carbocycles. The molecule has 21 heavy (non-hydrogen) atoms. The Kier molecular flexibility index (Phi) is 4.48. The lowest BCUT2D eigenvalue weighted by Crippen LogP contribution is -2.62. The van der Waals surface area contributed by atoms with E-state index in [1.807, 2.05) is 0 Å². The Bertz CT molecular complexity index is 511. The van der Waals surface area contributed by atoms with Gasteiger partial charge in [-0.1, -0.05) is 36.2 Å². The van der Waals surface area contributed by atoms with E-state index >= 15 is 0 Å². The molecule has 2 fully saturated rings. The summed E-state index contributed by atoms with van der Waals surface area (Å²) in [6.45, 7) is 3.72. The number of nitrogens with zero attached hydrogens (tertiary/aromatic N) is 2. The molecule has 3 rings (SSSR count). The third kappa shape index (κ3) is 3.07. The van der Waals surface area contributed by atoms with Crippen LogP contribution in [0.15, 0.2) is 24.3 Å². The largest absolute Gasteiger partial charge is 0.378 e. The second-order valence-corrected chi connectivity index (χ2v) is 6.32. The molecule has 2 saturated heterocycles. The van der Waals surface area contributed by atoms with Gasteiger partial charge in [0.2, 0.25) is 0 Å². The first kappa shape index (κ1) is 14.8. The number of piperidine rings is 1. The van der Waals surface area contributed by atoms with Crippen molar-refractivity contribution in [2.24, 2.45) is 0 Å². The van der Waals surface area contributed by atoms with Gasteiger partial charge in [0.1, 0.15) is 0 Å². The second kappa shape index (κ2) is 6.34. The molecule has 114 valence electrons. The predicted molar refractivity (Wildman–Crippen MR) is 82.2 cm³/mol. The van der Waals surface area contributed by atoms with Crippen LogP contribution >= 0.6 is 11.6 Å². The van der Waals surface area contributed by atoms with E-state index in [4.69, 9.17) is 11.6 Å². The highest BCUT2D eigenvalue weighted by molar-refractivity contribution is 6.31. The van der Waals surface area contributed by atoms with Gasteiger partial charge in [-0.2, -0.15) is 0 Å². The molecule has 0 spiro atoms. The number of likely N-dealkylation sites (tertiary alicyclic amines) is 2. The number of carbonyl (C=O) groups excluding carboxylic acids is 1. The molecular weight excluding hydrogens is 288 g/mol. The summed E-state index contributed by atoms with van der Waals surface area (Å²) in [7, 11) is 0. The third-order valence-electron chi connectivity index (χ3n) is 4.51. The van der Waals surface area contributed by atoms with Crippen molar-refractivity contribution in [3.63, 3.8) is 0 Å². The zero-order valence-corrected chi connectivity index (χ0v) is 12.8. The predicted octanol–water partition coefficient (Wildman–Crippen LogP) is 2.07. The topological polar surface area (TPSA) is 43.8 Å². The quantitative estimate of drug-likeness (QED) is 0.929. The van der Waals surface area contributed by atoms with Crippen LogP contribution in [0, 0.1) is 0 Å². The molecule has 2 heterocycles. The van der Waals surface area contributed by atoms with Gasteiger partial charge < -0.3 is 10.0 Å². The van der Waals surface area contributed by atoms with Gasteiger partial charge in [-0.3, -0.25) is 9.69 Å². The third-order valence-corrected chi connectivity index (χ3v) is 4.86. The van der Waals surface area contributed by atoms with Crippen LogP contribution in [-0.4, -0.2) is 53.0 Å². The van der Waals surface area contributed by atoms with Crippen LogP contribution < -0.4 is 0 Å². The first-order valence-electron chi connectivity index (χ1n) is 7.62. The Hall–Kier alpha value is -1.10. The fraction of sp³-hybridized carbons (Fsp3) is 0.562. The second-order valence-electron chi connectivity index (χ2n) is 5.92. The number of hydrogen-bond acceptors (Lipinski definition) is 3. The maximum absolute atomic E-state index is 12.3. The van der Waals surface area contributed by atoms with E-state index in [1.165, 1.54) is 19.3 Å². The molecule has 1 atom stereocenters. The molecule has 5 heteroatoms. The summed E-state index contributed by atoms with van der Waals surface area (Å²) in [6.07, 6.45) is 2.68. The zero-order chi connectivity index (χ0) is 14.8. The van der Waals surface area contributed by atoms with E-state index in [2.05, 4.69) is 4.90 Å². The van der Waals surface area contributed by atoms with E-state index in [9.17, 15) is 9.90 Å². The molecule has 1 aromatic rings. The van der Waals surface area contributed by atoms with Gasteiger partial charge >= 0.3 is 0 Å². The monoisotopic (exact) mass is 308 g/mol. The molecule has 1 amide bonds. The SMILES string of the molecule is O=C([C@@H](O)c1ccccc1Cl)N1CC(N2CCCCC2)C1. The van der Waals surface area contributed by atoms with Crippen molar-refractivity contribution in [3.8, 4) is 0 Å². The van der Waals surface area contributed by atoms with Crippen LogP contribution in [0.3, 0.4) is 0 Å². The van der Waals surface area contributed by atoms with E-state index in [0.717, 1.165) is 26.2 Å². The minimum Gasteiger partial charge on any atom is -0.378 e. The summed E-state index contributed by atoms with van der Waals surface area (Å²) in [5.74, 6) is -0.239. The molecule has 0 aromatic heterocycles. The maximum Gasteiger partial charge on any atom is 0.256 e. The van der Waals surface area contributed by atoms with Crippen LogP contribution in [0.5, 0.6) is 0 Å². The summed E-state index contributed by atoms with van der Waals surface area (Å²) in [5, 5.41) is 10.6. The Morgan fingerprint density at radius 3 is 2.52 bits per heavy atom. The Balaban J connectivity index is 1.56. The number of aliphatic hydroxyl groups is 1. The number of hydrogen-bond donors (Lipinski definition) is 1. The summed E-state index contributed by atoms with van der Waals surface area (Å²) in [6, 6.07) is 7.43. The normalized spacial score (nSPS) is 21.9. The smallest absolute Gasteiger partial charge is 0.256 e. The minimum absolute atomic E-state index is 0.239. The van der Waals surface area contributed by atoms with Crippen molar-refractivity contribution in [3.05, 3.63) is 34.9 Å². The Morgan fingerprint density at radius 1 is 1.19 bits per heavy atom. The maximum atomic E-state index is 12.3. The van der Waals surface area contributed by atoms with Crippen LogP contribution in [0.25, 0.3) is 0 Å². The average molecular weight is 309 g/mol. The fourth-order valence-electron chi connectivity index (χ4n) is 3.15. The number of amides is 1. The van der Waals surface area contributed by atoms with Crippen molar-refractivity contribution in [2.45, 2.75) is 31.4 Å². The van der Waals surface area contributed by atoms with Gasteiger partial charge in [0, 0.05) is 29.7 Å². The Labute approximate surface area is 130 Å². The number of carbonyl (C=O) groups is 1. The highest BCUT2D eigenvalue weighted by atomic mass is 35.5. The van der Waals surface area contributed by atoms with Crippen molar-refractivity contribution in [2.75, 3.05) is 26.2 Å². The van der Waals surface area contributed by atoms with Gasteiger partial charge in [-0.25, -0.2) is 0 Å². The lowest BCUT2D eigenvalue weighted by molar-refractivity contribution is -0.148. The minimum atomic E-state index is -1.15. The molecule has 0 unspecified atom stereocenters. The summed E-state index contributed by atoms with van der Waals surface area (Å²) in [5.41, 5.74) is 0.491. The van der Waals surface area contributed by atoms with Gasteiger partial charge in [0.15, 0.2) is 6.10 Å². The number of aliphatic hydroxyl groups excluding tert-OH is 1. The van der Waals surface area contributed by atoms with Gasteiger partial charge in [0.05, 0.1) is 0 Å². The van der Waals surface area contributed by atoms with E-state index in [0.29, 0.717) is 16.6 Å².